The molecule has 0 saturated heterocycles. The van der Waals surface area contributed by atoms with Crippen molar-refractivity contribution in [1.29, 1.82) is 0 Å². The van der Waals surface area contributed by atoms with Crippen LogP contribution in [0.2, 0.25) is 0 Å². The molecule has 0 spiro atoms. The van der Waals surface area contributed by atoms with Crippen LogP contribution in [0, 0.1) is 5.82 Å². The van der Waals surface area contributed by atoms with Gasteiger partial charge in [-0.1, -0.05) is 0 Å². The first-order chi connectivity index (χ1) is 11.8. The maximum Gasteiger partial charge on any atom is 0.435 e. The van der Waals surface area contributed by atoms with Gasteiger partial charge in [0.25, 0.3) is 0 Å². The Balaban J connectivity index is 2.15. The molecule has 3 rings (SSSR count). The lowest BCUT2D eigenvalue weighted by atomic mass is 10.1. The highest BCUT2D eigenvalue weighted by atomic mass is 32.2. The van der Waals surface area contributed by atoms with Crippen molar-refractivity contribution in [3.8, 4) is 16.9 Å². The summed E-state index contributed by atoms with van der Waals surface area (Å²) in [6.45, 7) is 0. The van der Waals surface area contributed by atoms with Crippen molar-refractivity contribution in [1.82, 2.24) is 9.78 Å². The first-order valence-corrected chi connectivity index (χ1v) is 7.96. The van der Waals surface area contributed by atoms with Gasteiger partial charge in [0, 0.05) is 10.5 Å². The van der Waals surface area contributed by atoms with Crippen molar-refractivity contribution in [2.45, 2.75) is 11.1 Å². The van der Waals surface area contributed by atoms with E-state index in [9.17, 15) is 26.3 Å². The summed E-state index contributed by atoms with van der Waals surface area (Å²) in [6.07, 6.45) is -4.66. The van der Waals surface area contributed by atoms with E-state index in [1.807, 2.05) is 0 Å². The van der Waals surface area contributed by atoms with Crippen LogP contribution in [-0.4, -0.2) is 18.5 Å². The van der Waals surface area contributed by atoms with E-state index >= 15 is 0 Å². The van der Waals surface area contributed by atoms with Crippen LogP contribution < -0.4 is 0 Å². The van der Waals surface area contributed by atoms with Gasteiger partial charge in [0.05, 0.1) is 11.4 Å². The first-order valence-electron chi connectivity index (χ1n) is 6.88. The number of rotatable bonds is 3. The summed E-state index contributed by atoms with van der Waals surface area (Å²) in [4.78, 5) is -0.00437. The lowest BCUT2D eigenvalue weighted by molar-refractivity contribution is -0.141. The number of alkyl halides is 3. The molecule has 0 aliphatic rings. The van der Waals surface area contributed by atoms with Gasteiger partial charge in [-0.25, -0.2) is 9.07 Å². The third-order valence-electron chi connectivity index (χ3n) is 3.41. The number of hydrogen-bond acceptors (Lipinski definition) is 3. The van der Waals surface area contributed by atoms with Crippen LogP contribution in [0.25, 0.3) is 16.9 Å². The van der Waals surface area contributed by atoms with Crippen LogP contribution in [-0.2, 0) is 17.3 Å². The summed E-state index contributed by atoms with van der Waals surface area (Å²) in [7, 11) is 0. The molecule has 9 heteroatoms. The molecule has 3 aromatic rings. The Labute approximate surface area is 142 Å². The molecule has 0 amide bonds. The van der Waals surface area contributed by atoms with Gasteiger partial charge in [-0.2, -0.15) is 18.3 Å². The third-order valence-corrected chi connectivity index (χ3v) is 4.07. The molecule has 0 bridgehead atoms. The van der Waals surface area contributed by atoms with Crippen molar-refractivity contribution in [3.63, 3.8) is 0 Å². The fourth-order valence-corrected chi connectivity index (χ4v) is 2.60. The van der Waals surface area contributed by atoms with Crippen molar-refractivity contribution in [3.05, 3.63) is 66.1 Å². The number of aromatic nitrogens is 2. The molecule has 1 heterocycles. The van der Waals surface area contributed by atoms with Gasteiger partial charge in [-0.15, -0.1) is 0 Å². The van der Waals surface area contributed by atoms with Crippen molar-refractivity contribution < 1.29 is 26.3 Å². The first kappa shape index (κ1) is 17.3. The average molecular weight is 369 g/mol. The fourth-order valence-electron chi connectivity index (χ4n) is 2.24. The molecule has 0 aliphatic heterocycles. The third kappa shape index (κ3) is 3.62. The minimum absolute atomic E-state index is 0.00437. The van der Waals surface area contributed by atoms with Gasteiger partial charge < -0.3 is 4.55 Å². The minimum atomic E-state index is -4.66. The van der Waals surface area contributed by atoms with Gasteiger partial charge in [0.15, 0.2) is 5.69 Å². The van der Waals surface area contributed by atoms with Crippen LogP contribution in [0.4, 0.5) is 17.6 Å². The zero-order valence-electron chi connectivity index (χ0n) is 12.3. The lowest BCUT2D eigenvalue weighted by Crippen LogP contribution is -2.07. The summed E-state index contributed by atoms with van der Waals surface area (Å²) in [5, 5.41) is 3.57. The summed E-state index contributed by atoms with van der Waals surface area (Å²) < 4.78 is 75.0. The van der Waals surface area contributed by atoms with E-state index in [1.165, 1.54) is 36.4 Å². The van der Waals surface area contributed by atoms with E-state index in [4.69, 9.17) is 0 Å². The second-order valence-corrected chi connectivity index (χ2v) is 6.00. The molecule has 0 N–H and O–H groups in total. The Bertz CT molecular complexity index is 919. The predicted molar refractivity (Wildman–Crippen MR) is 81.1 cm³/mol. The van der Waals surface area contributed by atoms with Gasteiger partial charge in [0.1, 0.15) is 5.82 Å². The number of benzene rings is 2. The molecule has 0 aliphatic carbocycles. The fraction of sp³-hybridized carbons (Fsp3) is 0.0625. The van der Waals surface area contributed by atoms with E-state index in [2.05, 4.69) is 5.10 Å². The Morgan fingerprint density at radius 2 is 1.60 bits per heavy atom. The maximum atomic E-state index is 13.1. The van der Waals surface area contributed by atoms with Crippen molar-refractivity contribution in [2.75, 3.05) is 0 Å². The van der Waals surface area contributed by atoms with E-state index in [0.717, 1.165) is 22.9 Å². The van der Waals surface area contributed by atoms with Crippen molar-refractivity contribution in [2.24, 2.45) is 0 Å². The smallest absolute Gasteiger partial charge is 0.435 e. The number of halogens is 4. The molecule has 1 aromatic heterocycles. The second-order valence-electron chi connectivity index (χ2n) is 5.06. The molecule has 0 radical (unpaired) electrons. The predicted octanol–water partition coefficient (Wildman–Crippen LogP) is 3.94. The summed E-state index contributed by atoms with van der Waals surface area (Å²) >= 11 is -2.45. The SMILES string of the molecule is O=S([O-])c1ccc(-n2nc(C(F)(F)F)cc2-c2ccc(F)cc2)cc1. The summed E-state index contributed by atoms with van der Waals surface area (Å²) in [6, 6.07) is 11.0. The number of hydrogen-bond donors (Lipinski definition) is 0. The Morgan fingerprint density at radius 3 is 2.12 bits per heavy atom. The quantitative estimate of drug-likeness (QED) is 0.519. The van der Waals surface area contributed by atoms with Gasteiger partial charge >= 0.3 is 6.18 Å². The molecule has 1 unspecified atom stereocenters. The lowest BCUT2D eigenvalue weighted by Gasteiger charge is -2.10. The zero-order valence-corrected chi connectivity index (χ0v) is 13.1. The van der Waals surface area contributed by atoms with Crippen LogP contribution >= 0.6 is 0 Å². The maximum absolute atomic E-state index is 13.1. The summed E-state index contributed by atoms with van der Waals surface area (Å²) in [5.74, 6) is -0.520. The number of nitrogens with zero attached hydrogens (tertiary/aromatic N) is 2. The summed E-state index contributed by atoms with van der Waals surface area (Å²) in [5.41, 5.74) is -0.434. The van der Waals surface area contributed by atoms with Gasteiger partial charge in [0.2, 0.25) is 0 Å². The van der Waals surface area contributed by atoms with Crippen molar-refractivity contribution >= 4 is 11.1 Å². The average Bonchev–Trinajstić information content (AvgIpc) is 3.01. The highest BCUT2D eigenvalue weighted by Gasteiger charge is 2.35. The second kappa shape index (κ2) is 6.41. The molecular formula is C16H9F4N2O2S-. The van der Waals surface area contributed by atoms with Crippen LogP contribution in [0.3, 0.4) is 0 Å². The van der Waals surface area contributed by atoms with Crippen LogP contribution in [0.15, 0.2) is 59.5 Å². The van der Waals surface area contributed by atoms with E-state index in [1.54, 1.807) is 0 Å². The highest BCUT2D eigenvalue weighted by Crippen LogP contribution is 2.33. The van der Waals surface area contributed by atoms with Crippen LogP contribution in [0.5, 0.6) is 0 Å². The molecule has 4 nitrogen and oxygen atoms in total. The minimum Gasteiger partial charge on any atom is -0.768 e. The zero-order chi connectivity index (χ0) is 18.2. The molecule has 130 valence electrons. The van der Waals surface area contributed by atoms with Gasteiger partial charge in [-0.3, -0.25) is 4.21 Å². The monoisotopic (exact) mass is 369 g/mol. The highest BCUT2D eigenvalue weighted by molar-refractivity contribution is 7.79. The Kier molecular flexibility index (Phi) is 4.44. The molecule has 2 aromatic carbocycles. The normalized spacial score (nSPS) is 13.0. The molecule has 0 fully saturated rings. The van der Waals surface area contributed by atoms with Crippen LogP contribution in [0.1, 0.15) is 5.69 Å². The van der Waals surface area contributed by atoms with E-state index < -0.39 is 28.8 Å². The Morgan fingerprint density at radius 1 is 1.00 bits per heavy atom. The topological polar surface area (TPSA) is 57.9 Å². The molecule has 25 heavy (non-hydrogen) atoms. The van der Waals surface area contributed by atoms with E-state index in [-0.39, 0.29) is 16.3 Å². The largest absolute Gasteiger partial charge is 0.768 e. The molecule has 1 atom stereocenters. The van der Waals surface area contributed by atoms with E-state index in [0.29, 0.717) is 5.56 Å². The van der Waals surface area contributed by atoms with Gasteiger partial charge in [-0.05, 0) is 65.7 Å². The standard InChI is InChI=1S/C16H10F4N2O2S/c17-11-3-1-10(2-4-11)14-9-15(16(18,19)20)21-22(14)12-5-7-13(8-6-12)25(23)24/h1-9H,(H,23,24)/p-1. The molecular weight excluding hydrogens is 360 g/mol. The molecule has 0 saturated carbocycles. The Hall–Kier alpha value is -2.52.